The van der Waals surface area contributed by atoms with E-state index in [9.17, 15) is 0 Å². The lowest BCUT2D eigenvalue weighted by Crippen LogP contribution is -2.10. The van der Waals surface area contributed by atoms with Crippen LogP contribution in [0.15, 0.2) is 267 Å². The molecule has 0 spiro atoms. The van der Waals surface area contributed by atoms with Crippen LogP contribution < -0.4 is 4.90 Å². The Morgan fingerprint density at radius 1 is 0.246 bits per heavy atom. The van der Waals surface area contributed by atoms with Gasteiger partial charge in [0.05, 0.1) is 11.0 Å². The highest BCUT2D eigenvalue weighted by molar-refractivity contribution is 7.25. The van der Waals surface area contributed by atoms with Crippen molar-refractivity contribution in [3.8, 4) is 61.3 Å². The first-order valence-corrected chi connectivity index (χ1v) is 24.4. The molecule has 0 aliphatic carbocycles. The molecule has 0 aliphatic rings. The number of thiophene rings is 1. The third-order valence-electron chi connectivity index (χ3n) is 13.6. The second-order valence-corrected chi connectivity index (χ2v) is 18.8. The minimum Gasteiger partial charge on any atom is -0.310 e. The molecule has 0 fully saturated rings. The van der Waals surface area contributed by atoms with Crippen LogP contribution in [-0.2, 0) is 0 Å². The van der Waals surface area contributed by atoms with E-state index in [1.165, 1.54) is 103 Å². The molecule has 2 aromatic heterocycles. The fraction of sp³-hybridized carbons (Fsp3) is 0. The largest absolute Gasteiger partial charge is 0.310 e. The maximum Gasteiger partial charge on any atom is 0.0541 e. The van der Waals surface area contributed by atoms with E-state index in [1.54, 1.807) is 0 Å². The van der Waals surface area contributed by atoms with Crippen LogP contribution in [0.5, 0.6) is 0 Å². The highest BCUT2D eigenvalue weighted by atomic mass is 32.1. The lowest BCUT2D eigenvalue weighted by Gasteiger charge is -2.26. The Kier molecular flexibility index (Phi) is 10.1. The quantitative estimate of drug-likeness (QED) is 0.140. The zero-order chi connectivity index (χ0) is 45.7. The molecule has 0 radical (unpaired) electrons. The summed E-state index contributed by atoms with van der Waals surface area (Å²) >= 11 is 1.87. The van der Waals surface area contributed by atoms with Gasteiger partial charge in [0.2, 0.25) is 0 Å². The summed E-state index contributed by atoms with van der Waals surface area (Å²) in [5, 5.41) is 5.09. The van der Waals surface area contributed by atoms with Gasteiger partial charge in [0, 0.05) is 53.7 Å². The molecule has 13 aromatic rings. The maximum absolute atomic E-state index is 2.38. The molecule has 3 heteroatoms. The van der Waals surface area contributed by atoms with Gasteiger partial charge in [0.25, 0.3) is 0 Å². The number of aromatic nitrogens is 1. The van der Waals surface area contributed by atoms with E-state index < -0.39 is 0 Å². The van der Waals surface area contributed by atoms with Gasteiger partial charge in [0.15, 0.2) is 0 Å². The maximum atomic E-state index is 2.38. The van der Waals surface area contributed by atoms with Crippen LogP contribution in [0, 0.1) is 0 Å². The number of para-hydroxylation sites is 2. The Hall–Kier alpha value is -8.76. The molecule has 2 heterocycles. The highest BCUT2D eigenvalue weighted by Crippen LogP contribution is 2.42. The predicted molar refractivity (Wildman–Crippen MR) is 296 cm³/mol. The number of hydrogen-bond acceptors (Lipinski definition) is 2. The van der Waals surface area contributed by atoms with Crippen molar-refractivity contribution in [3.63, 3.8) is 0 Å². The summed E-state index contributed by atoms with van der Waals surface area (Å²) in [7, 11) is 0. The molecule has 0 unspecified atom stereocenters. The first-order valence-electron chi connectivity index (χ1n) is 23.6. The van der Waals surface area contributed by atoms with Gasteiger partial charge < -0.3 is 9.47 Å². The number of nitrogens with zero attached hydrogens (tertiary/aromatic N) is 2. The summed E-state index contributed by atoms with van der Waals surface area (Å²) in [6.45, 7) is 0. The molecule has 0 aliphatic heterocycles. The third-order valence-corrected chi connectivity index (χ3v) is 14.7. The molecule has 11 aromatic carbocycles. The highest BCUT2D eigenvalue weighted by Gasteiger charge is 2.17. The second kappa shape index (κ2) is 17.2. The van der Waals surface area contributed by atoms with Crippen LogP contribution in [0.2, 0.25) is 0 Å². The number of anilines is 3. The van der Waals surface area contributed by atoms with Gasteiger partial charge in [-0.1, -0.05) is 176 Å². The summed E-state index contributed by atoms with van der Waals surface area (Å²) in [6, 6.07) is 97.3. The van der Waals surface area contributed by atoms with E-state index in [0.29, 0.717) is 0 Å². The zero-order valence-electron chi connectivity index (χ0n) is 37.7. The van der Waals surface area contributed by atoms with Gasteiger partial charge in [-0.25, -0.2) is 0 Å². The van der Waals surface area contributed by atoms with E-state index in [4.69, 9.17) is 0 Å². The third kappa shape index (κ3) is 7.47. The van der Waals surface area contributed by atoms with Gasteiger partial charge in [-0.3, -0.25) is 0 Å². The fourth-order valence-electron chi connectivity index (χ4n) is 10.2. The smallest absolute Gasteiger partial charge is 0.0541 e. The van der Waals surface area contributed by atoms with Crippen LogP contribution in [0.3, 0.4) is 0 Å². The minimum atomic E-state index is 1.10. The topological polar surface area (TPSA) is 8.17 Å². The SMILES string of the molecule is c1ccc(-c2ccc(N(c3ccc(-c4ccccc4)cc3)c3cccc(-c4ccc5sc6cc(-c7cccc(-c8ccc9c(c8)c8ccccc8n9-c8ccccc8)c7)ccc6c5c4)c3)cc2)cc1. The molecule has 324 valence electrons. The monoisotopic (exact) mass is 896 g/mol. The Labute approximate surface area is 405 Å². The number of rotatable bonds is 9. The molecule has 2 nitrogen and oxygen atoms in total. The minimum absolute atomic E-state index is 1.10. The summed E-state index contributed by atoms with van der Waals surface area (Å²) < 4.78 is 4.95. The summed E-state index contributed by atoms with van der Waals surface area (Å²) in [4.78, 5) is 2.37. The van der Waals surface area contributed by atoms with Crippen LogP contribution >= 0.6 is 11.3 Å². The first kappa shape index (κ1) is 40.5. The number of benzene rings is 11. The van der Waals surface area contributed by atoms with Crippen molar-refractivity contribution >= 4 is 70.4 Å². The fourth-order valence-corrected chi connectivity index (χ4v) is 11.3. The molecule has 0 N–H and O–H groups in total. The number of hydrogen-bond donors (Lipinski definition) is 0. The zero-order valence-corrected chi connectivity index (χ0v) is 38.5. The summed E-state index contributed by atoms with van der Waals surface area (Å²) in [6.07, 6.45) is 0. The molecule has 69 heavy (non-hydrogen) atoms. The van der Waals surface area contributed by atoms with E-state index in [1.807, 2.05) is 11.3 Å². The van der Waals surface area contributed by atoms with Gasteiger partial charge in [0.1, 0.15) is 0 Å². The molecular weight excluding hydrogens is 853 g/mol. The first-order chi connectivity index (χ1) is 34.2. The average molecular weight is 897 g/mol. The summed E-state index contributed by atoms with van der Waals surface area (Å²) in [5.74, 6) is 0. The van der Waals surface area contributed by atoms with Gasteiger partial charge in [-0.15, -0.1) is 11.3 Å². The van der Waals surface area contributed by atoms with Crippen LogP contribution in [0.4, 0.5) is 17.1 Å². The lowest BCUT2D eigenvalue weighted by atomic mass is 9.97. The molecule has 0 amide bonds. The van der Waals surface area contributed by atoms with Crippen molar-refractivity contribution in [2.24, 2.45) is 0 Å². The Morgan fingerprint density at radius 2 is 0.710 bits per heavy atom. The van der Waals surface area contributed by atoms with Crippen molar-refractivity contribution in [1.29, 1.82) is 0 Å². The standard InChI is InChI=1S/C66H44N2S/c1-4-14-45(15-5-1)47-26-33-56(34-27-47)67(57-35-28-48(29-36-57)46-16-6-2-7-17-46)58-23-13-20-51(41-58)53-32-39-65-62(43-53)60-37-30-54(44-66(60)69-65)50-19-12-18-49(40-50)52-31-38-64-61(42-52)59-24-10-11-25-63(59)68(64)55-21-8-3-9-22-55/h1-44H. The van der Waals surface area contributed by atoms with Gasteiger partial charge >= 0.3 is 0 Å². The molecule has 0 bridgehead atoms. The van der Waals surface area contributed by atoms with Crippen molar-refractivity contribution in [2.45, 2.75) is 0 Å². The second-order valence-electron chi connectivity index (χ2n) is 17.7. The lowest BCUT2D eigenvalue weighted by molar-refractivity contribution is 1.18. The molecule has 0 saturated heterocycles. The van der Waals surface area contributed by atoms with Crippen LogP contribution in [-0.4, -0.2) is 4.57 Å². The van der Waals surface area contributed by atoms with Crippen molar-refractivity contribution in [2.75, 3.05) is 4.90 Å². The Balaban J connectivity index is 0.829. The Morgan fingerprint density at radius 3 is 1.38 bits per heavy atom. The van der Waals surface area contributed by atoms with Crippen molar-refractivity contribution in [3.05, 3.63) is 267 Å². The normalized spacial score (nSPS) is 11.5. The number of fused-ring (bicyclic) bond motifs is 6. The van der Waals surface area contributed by atoms with Crippen LogP contribution in [0.1, 0.15) is 0 Å². The van der Waals surface area contributed by atoms with E-state index in [-0.39, 0.29) is 0 Å². The van der Waals surface area contributed by atoms with Crippen molar-refractivity contribution in [1.82, 2.24) is 4.57 Å². The average Bonchev–Trinajstić information content (AvgIpc) is 3.97. The predicted octanol–water partition coefficient (Wildman–Crippen LogP) is 19.0. The van der Waals surface area contributed by atoms with Crippen molar-refractivity contribution < 1.29 is 0 Å². The van der Waals surface area contributed by atoms with E-state index in [2.05, 4.69) is 276 Å². The Bertz CT molecular complexity index is 3900. The molecule has 13 rings (SSSR count). The van der Waals surface area contributed by atoms with Gasteiger partial charge in [-0.05, 0) is 147 Å². The van der Waals surface area contributed by atoms with E-state index >= 15 is 0 Å². The molecule has 0 saturated carbocycles. The summed E-state index contributed by atoms with van der Waals surface area (Å²) in [5.41, 5.74) is 19.0. The molecular formula is C66H44N2S. The van der Waals surface area contributed by atoms with E-state index in [0.717, 1.165) is 17.1 Å². The van der Waals surface area contributed by atoms with Crippen LogP contribution in [0.25, 0.3) is 103 Å². The van der Waals surface area contributed by atoms with Gasteiger partial charge in [-0.2, -0.15) is 0 Å². The molecule has 0 atom stereocenters.